The van der Waals surface area contributed by atoms with Gasteiger partial charge in [-0.05, 0) is 40.5 Å². The second-order valence-corrected chi connectivity index (χ2v) is 5.21. The Morgan fingerprint density at radius 3 is 2.73 bits per heavy atom. The fourth-order valence-corrected chi connectivity index (χ4v) is 2.15. The lowest BCUT2D eigenvalue weighted by Gasteiger charge is -2.13. The van der Waals surface area contributed by atoms with E-state index in [2.05, 4.69) is 20.9 Å². The monoisotopic (exact) mass is 361 g/mol. The zero-order valence-corrected chi connectivity index (χ0v) is 13.5. The van der Waals surface area contributed by atoms with E-state index >= 15 is 0 Å². The summed E-state index contributed by atoms with van der Waals surface area (Å²) in [7, 11) is 1.46. The quantitative estimate of drug-likeness (QED) is 0.902. The van der Waals surface area contributed by atoms with Crippen LogP contribution in [0.25, 0.3) is 0 Å². The molecule has 0 aliphatic rings. The van der Waals surface area contributed by atoms with Crippen molar-refractivity contribution in [2.24, 2.45) is 5.73 Å². The highest BCUT2D eigenvalue weighted by Crippen LogP contribution is 2.34. The molecule has 1 heterocycles. The van der Waals surface area contributed by atoms with Gasteiger partial charge in [-0.1, -0.05) is 0 Å². The molecule has 1 aromatic carbocycles. The van der Waals surface area contributed by atoms with Crippen molar-refractivity contribution in [1.82, 2.24) is 4.98 Å². The smallest absolute Gasteiger partial charge is 0.254 e. The normalized spacial score (nSPS) is 9.91. The summed E-state index contributed by atoms with van der Waals surface area (Å²) in [5.74, 6) is 0.125. The van der Waals surface area contributed by atoms with Crippen molar-refractivity contribution in [3.8, 4) is 23.4 Å². The van der Waals surface area contributed by atoms with Gasteiger partial charge in [-0.2, -0.15) is 5.26 Å². The van der Waals surface area contributed by atoms with E-state index in [9.17, 15) is 4.79 Å². The summed E-state index contributed by atoms with van der Waals surface area (Å²) in [4.78, 5) is 15.7. The maximum atomic E-state index is 11.6. The van der Waals surface area contributed by atoms with E-state index in [4.69, 9.17) is 20.5 Å². The lowest BCUT2D eigenvalue weighted by atomic mass is 10.1. The maximum Gasteiger partial charge on any atom is 0.254 e. The third kappa shape index (κ3) is 3.02. The van der Waals surface area contributed by atoms with Gasteiger partial charge >= 0.3 is 0 Å². The van der Waals surface area contributed by atoms with Crippen LogP contribution in [-0.4, -0.2) is 18.0 Å². The zero-order valence-electron chi connectivity index (χ0n) is 11.9. The van der Waals surface area contributed by atoms with Gasteiger partial charge in [-0.15, -0.1) is 0 Å². The van der Waals surface area contributed by atoms with Crippen LogP contribution in [0.4, 0.5) is 0 Å². The molecular weight excluding hydrogens is 350 g/mol. The van der Waals surface area contributed by atoms with E-state index in [1.54, 1.807) is 19.1 Å². The number of ether oxygens (including phenoxy) is 2. The van der Waals surface area contributed by atoms with Gasteiger partial charge in [0, 0.05) is 16.7 Å². The molecule has 0 unspecified atom stereocenters. The molecule has 1 amide bonds. The van der Waals surface area contributed by atoms with Crippen LogP contribution in [0.3, 0.4) is 0 Å². The lowest BCUT2D eigenvalue weighted by Crippen LogP contribution is -2.15. The van der Waals surface area contributed by atoms with E-state index in [1.807, 2.05) is 6.07 Å². The minimum Gasteiger partial charge on any atom is -0.493 e. The minimum absolute atomic E-state index is 0.0798. The topological polar surface area (TPSA) is 98.2 Å². The first kappa shape index (κ1) is 15.8. The molecule has 0 aliphatic carbocycles. The largest absolute Gasteiger partial charge is 0.493 e. The molecule has 2 N–H and O–H groups in total. The molecule has 2 rings (SSSR count). The molecule has 0 saturated carbocycles. The third-order valence-corrected chi connectivity index (χ3v) is 3.79. The number of nitrogens with zero attached hydrogens (tertiary/aromatic N) is 2. The number of nitrogens with two attached hydrogens (primary N) is 1. The number of benzene rings is 1. The molecule has 0 fully saturated rings. The summed E-state index contributed by atoms with van der Waals surface area (Å²) in [6, 6.07) is 6.69. The number of pyridine rings is 1. The Kier molecular flexibility index (Phi) is 4.63. The summed E-state index contributed by atoms with van der Waals surface area (Å²) in [5.41, 5.74) is 6.64. The lowest BCUT2D eigenvalue weighted by molar-refractivity contribution is 0.0996. The number of nitriles is 1. The molecule has 7 heteroatoms. The highest BCUT2D eigenvalue weighted by atomic mass is 79.9. The number of aromatic nitrogens is 1. The van der Waals surface area contributed by atoms with Crippen LogP contribution in [0.2, 0.25) is 0 Å². The van der Waals surface area contributed by atoms with Crippen molar-refractivity contribution < 1.29 is 14.3 Å². The van der Waals surface area contributed by atoms with Gasteiger partial charge in [0.05, 0.1) is 18.7 Å². The average molecular weight is 362 g/mol. The second kappa shape index (κ2) is 6.45. The average Bonchev–Trinajstić information content (AvgIpc) is 2.51. The molecule has 2 aromatic rings. The Hall–Kier alpha value is -2.59. The molecule has 22 heavy (non-hydrogen) atoms. The maximum absolute atomic E-state index is 11.6. The highest BCUT2D eigenvalue weighted by molar-refractivity contribution is 9.10. The van der Waals surface area contributed by atoms with Crippen LogP contribution in [0.5, 0.6) is 17.4 Å². The van der Waals surface area contributed by atoms with Crippen molar-refractivity contribution >= 4 is 21.8 Å². The Morgan fingerprint density at radius 2 is 2.14 bits per heavy atom. The van der Waals surface area contributed by atoms with E-state index in [-0.39, 0.29) is 11.4 Å². The predicted octanol–water partition coefficient (Wildman–Crippen LogP) is 2.92. The van der Waals surface area contributed by atoms with E-state index in [1.165, 1.54) is 19.4 Å². The predicted molar refractivity (Wildman–Crippen MR) is 83.0 cm³/mol. The van der Waals surface area contributed by atoms with E-state index in [0.29, 0.717) is 27.1 Å². The molecule has 112 valence electrons. The Labute approximate surface area is 135 Å². The van der Waals surface area contributed by atoms with Crippen molar-refractivity contribution in [2.75, 3.05) is 7.11 Å². The first-order chi connectivity index (χ1) is 10.5. The Bertz CT molecular complexity index is 784. The van der Waals surface area contributed by atoms with Gasteiger partial charge in [0.2, 0.25) is 5.88 Å². The minimum atomic E-state index is -0.645. The van der Waals surface area contributed by atoms with Gasteiger partial charge < -0.3 is 15.2 Å². The number of halogens is 1. The number of carbonyl (C=O) groups is 1. The molecule has 1 aromatic heterocycles. The molecule has 0 spiro atoms. The number of methoxy groups -OCH3 is 1. The van der Waals surface area contributed by atoms with Gasteiger partial charge in [-0.25, -0.2) is 4.98 Å². The van der Waals surface area contributed by atoms with E-state index < -0.39 is 5.91 Å². The van der Waals surface area contributed by atoms with Crippen molar-refractivity contribution in [1.29, 1.82) is 5.26 Å². The number of amides is 1. The SMILES string of the molecule is COc1cc(C#N)ccc1Oc1ncc(Br)c(C)c1C(N)=O. The molecule has 0 aliphatic heterocycles. The summed E-state index contributed by atoms with van der Waals surface area (Å²) in [6.07, 6.45) is 1.52. The number of carbonyl (C=O) groups excluding carboxylic acids is 1. The Morgan fingerprint density at radius 1 is 1.41 bits per heavy atom. The summed E-state index contributed by atoms with van der Waals surface area (Å²) in [6.45, 7) is 1.73. The summed E-state index contributed by atoms with van der Waals surface area (Å²) < 4.78 is 11.5. The van der Waals surface area contributed by atoms with Crippen LogP contribution in [0, 0.1) is 18.3 Å². The zero-order chi connectivity index (χ0) is 16.3. The molecule has 0 radical (unpaired) electrons. The van der Waals surface area contributed by atoms with Gasteiger partial charge in [0.1, 0.15) is 5.56 Å². The molecule has 0 bridgehead atoms. The van der Waals surface area contributed by atoms with Crippen LogP contribution in [0.15, 0.2) is 28.9 Å². The molecular formula is C15H12BrN3O3. The number of hydrogen-bond acceptors (Lipinski definition) is 5. The summed E-state index contributed by atoms with van der Waals surface area (Å²) in [5, 5.41) is 8.90. The molecule has 6 nitrogen and oxygen atoms in total. The van der Waals surface area contributed by atoms with Crippen molar-refractivity contribution in [2.45, 2.75) is 6.92 Å². The molecule has 0 saturated heterocycles. The van der Waals surface area contributed by atoms with Crippen LogP contribution < -0.4 is 15.2 Å². The number of hydrogen-bond donors (Lipinski definition) is 1. The third-order valence-electron chi connectivity index (χ3n) is 2.99. The first-order valence-corrected chi connectivity index (χ1v) is 6.98. The fraction of sp³-hybridized carbons (Fsp3) is 0.133. The standard InChI is InChI=1S/C15H12BrN3O3/c1-8-10(16)7-19-15(13(8)14(18)20)22-11-4-3-9(6-17)5-12(11)21-2/h3-5,7H,1-2H3,(H2,18,20). The van der Waals surface area contributed by atoms with Gasteiger partial charge in [-0.3, -0.25) is 4.79 Å². The Balaban J connectivity index is 2.50. The van der Waals surface area contributed by atoms with Crippen LogP contribution in [0.1, 0.15) is 21.5 Å². The van der Waals surface area contributed by atoms with Crippen molar-refractivity contribution in [3.63, 3.8) is 0 Å². The first-order valence-electron chi connectivity index (χ1n) is 6.18. The van der Waals surface area contributed by atoms with Gasteiger partial charge in [0.25, 0.3) is 5.91 Å². The van der Waals surface area contributed by atoms with Crippen LogP contribution >= 0.6 is 15.9 Å². The highest BCUT2D eigenvalue weighted by Gasteiger charge is 2.19. The van der Waals surface area contributed by atoms with Crippen molar-refractivity contribution in [3.05, 3.63) is 45.6 Å². The fourth-order valence-electron chi connectivity index (χ4n) is 1.85. The molecule has 0 atom stereocenters. The van der Waals surface area contributed by atoms with Gasteiger partial charge in [0.15, 0.2) is 11.5 Å². The number of primary amides is 1. The second-order valence-electron chi connectivity index (χ2n) is 4.36. The van der Waals surface area contributed by atoms with E-state index in [0.717, 1.165) is 0 Å². The van der Waals surface area contributed by atoms with Crippen LogP contribution in [-0.2, 0) is 0 Å². The number of rotatable bonds is 4. The summed E-state index contributed by atoms with van der Waals surface area (Å²) >= 11 is 3.29.